The molecule has 1 N–H and O–H groups in total. The zero-order chi connectivity index (χ0) is 13.8. The molecule has 0 aromatic heterocycles. The van der Waals surface area contributed by atoms with Crippen LogP contribution >= 0.6 is 15.9 Å². The molecule has 2 nitrogen and oxygen atoms in total. The largest absolute Gasteiger partial charge is 0.319 e. The standard InChI is InChI=1S/C15H13BrFNO/c1-10-2-7-14(13(17)8-10)18-15(19)12-5-3-11(9-16)4-6-12/h2-8H,9H2,1H3,(H,18,19). The molecule has 0 heterocycles. The Morgan fingerprint density at radius 3 is 2.47 bits per heavy atom. The first kappa shape index (κ1) is 13.7. The summed E-state index contributed by atoms with van der Waals surface area (Å²) >= 11 is 3.34. The highest BCUT2D eigenvalue weighted by molar-refractivity contribution is 9.08. The molecule has 1 amide bonds. The molecular formula is C15H13BrFNO. The monoisotopic (exact) mass is 321 g/mol. The van der Waals surface area contributed by atoms with Crippen LogP contribution in [0.15, 0.2) is 42.5 Å². The third-order valence-corrected chi connectivity index (χ3v) is 3.39. The van der Waals surface area contributed by atoms with Gasteiger partial charge in [0.2, 0.25) is 0 Å². The number of carbonyl (C=O) groups is 1. The van der Waals surface area contributed by atoms with E-state index in [-0.39, 0.29) is 11.6 Å². The van der Waals surface area contributed by atoms with Crippen molar-refractivity contribution >= 4 is 27.5 Å². The number of hydrogen-bond donors (Lipinski definition) is 1. The van der Waals surface area contributed by atoms with E-state index in [0.29, 0.717) is 5.56 Å². The quantitative estimate of drug-likeness (QED) is 0.840. The maximum Gasteiger partial charge on any atom is 0.255 e. The molecule has 2 aromatic rings. The van der Waals surface area contributed by atoms with Gasteiger partial charge in [0.15, 0.2) is 0 Å². The fourth-order valence-electron chi connectivity index (χ4n) is 1.66. The molecule has 0 radical (unpaired) electrons. The Morgan fingerprint density at radius 2 is 1.89 bits per heavy atom. The minimum absolute atomic E-state index is 0.195. The summed E-state index contributed by atoms with van der Waals surface area (Å²) in [6.45, 7) is 1.80. The second-order valence-electron chi connectivity index (χ2n) is 4.27. The number of alkyl halides is 1. The van der Waals surface area contributed by atoms with Crippen molar-refractivity contribution in [1.29, 1.82) is 0 Å². The van der Waals surface area contributed by atoms with E-state index >= 15 is 0 Å². The lowest BCUT2D eigenvalue weighted by atomic mass is 10.1. The Kier molecular flexibility index (Phi) is 4.32. The van der Waals surface area contributed by atoms with E-state index < -0.39 is 5.82 Å². The highest BCUT2D eigenvalue weighted by Crippen LogP contribution is 2.17. The lowest BCUT2D eigenvalue weighted by Crippen LogP contribution is -2.13. The topological polar surface area (TPSA) is 29.1 Å². The number of hydrogen-bond acceptors (Lipinski definition) is 1. The van der Waals surface area contributed by atoms with Gasteiger partial charge in [0.1, 0.15) is 5.82 Å². The number of anilines is 1. The average Bonchev–Trinajstić information content (AvgIpc) is 2.42. The van der Waals surface area contributed by atoms with E-state index in [1.807, 2.05) is 12.1 Å². The van der Waals surface area contributed by atoms with Crippen molar-refractivity contribution < 1.29 is 9.18 Å². The maximum atomic E-state index is 13.6. The summed E-state index contributed by atoms with van der Waals surface area (Å²) in [5, 5.41) is 3.30. The van der Waals surface area contributed by atoms with E-state index in [2.05, 4.69) is 21.2 Å². The smallest absolute Gasteiger partial charge is 0.255 e. The molecule has 2 aromatic carbocycles. The number of carbonyl (C=O) groups excluding carboxylic acids is 1. The number of halogens is 2. The van der Waals surface area contributed by atoms with E-state index in [9.17, 15) is 9.18 Å². The van der Waals surface area contributed by atoms with E-state index in [1.165, 1.54) is 6.07 Å². The van der Waals surface area contributed by atoms with Gasteiger partial charge in [-0.2, -0.15) is 0 Å². The third kappa shape index (κ3) is 3.41. The molecule has 0 atom stereocenters. The van der Waals surface area contributed by atoms with Crippen molar-refractivity contribution in [2.24, 2.45) is 0 Å². The SMILES string of the molecule is Cc1ccc(NC(=O)c2ccc(CBr)cc2)c(F)c1. The summed E-state index contributed by atoms with van der Waals surface area (Å²) in [5.74, 6) is -0.741. The Labute approximate surface area is 119 Å². The van der Waals surface area contributed by atoms with Crippen LogP contribution < -0.4 is 5.32 Å². The van der Waals surface area contributed by atoms with Gasteiger partial charge in [-0.1, -0.05) is 34.1 Å². The molecule has 0 spiro atoms. The van der Waals surface area contributed by atoms with E-state index in [0.717, 1.165) is 16.5 Å². The summed E-state index contributed by atoms with van der Waals surface area (Å²) in [6.07, 6.45) is 0. The van der Waals surface area contributed by atoms with Crippen LogP contribution in [0.2, 0.25) is 0 Å². The maximum absolute atomic E-state index is 13.6. The Bertz CT molecular complexity index is 596. The summed E-state index contributed by atoms with van der Waals surface area (Å²) in [5.41, 5.74) is 2.60. The first-order valence-corrected chi connectivity index (χ1v) is 6.94. The van der Waals surface area contributed by atoms with Gasteiger partial charge in [-0.3, -0.25) is 4.79 Å². The first-order chi connectivity index (χ1) is 9.10. The fourth-order valence-corrected chi connectivity index (χ4v) is 2.04. The van der Waals surface area contributed by atoms with Crippen LogP contribution in [0.25, 0.3) is 0 Å². The van der Waals surface area contributed by atoms with Crippen molar-refractivity contribution in [1.82, 2.24) is 0 Å². The molecule has 0 bridgehead atoms. The molecule has 98 valence electrons. The molecule has 0 fully saturated rings. The van der Waals surface area contributed by atoms with Crippen molar-refractivity contribution in [2.45, 2.75) is 12.3 Å². The van der Waals surface area contributed by atoms with Crippen molar-refractivity contribution in [3.8, 4) is 0 Å². The van der Waals surface area contributed by atoms with Gasteiger partial charge >= 0.3 is 0 Å². The van der Waals surface area contributed by atoms with Gasteiger partial charge in [0.05, 0.1) is 5.69 Å². The van der Waals surface area contributed by atoms with Gasteiger partial charge in [-0.25, -0.2) is 4.39 Å². The third-order valence-electron chi connectivity index (χ3n) is 2.74. The van der Waals surface area contributed by atoms with Crippen molar-refractivity contribution in [3.05, 3.63) is 65.0 Å². The Morgan fingerprint density at radius 1 is 1.21 bits per heavy atom. The van der Waals surface area contributed by atoms with Gasteiger partial charge in [-0.15, -0.1) is 0 Å². The van der Waals surface area contributed by atoms with Gasteiger partial charge in [0.25, 0.3) is 5.91 Å². The molecule has 0 saturated heterocycles. The van der Waals surface area contributed by atoms with E-state index in [1.54, 1.807) is 31.2 Å². The lowest BCUT2D eigenvalue weighted by molar-refractivity contribution is 0.102. The Balaban J connectivity index is 2.15. The normalized spacial score (nSPS) is 10.3. The highest BCUT2D eigenvalue weighted by Gasteiger charge is 2.09. The van der Waals surface area contributed by atoms with Gasteiger partial charge in [0, 0.05) is 10.9 Å². The van der Waals surface area contributed by atoms with Gasteiger partial charge in [-0.05, 0) is 42.3 Å². The summed E-state index contributed by atoms with van der Waals surface area (Å²) < 4.78 is 13.6. The lowest BCUT2D eigenvalue weighted by Gasteiger charge is -2.07. The van der Waals surface area contributed by atoms with Crippen LogP contribution in [0, 0.1) is 12.7 Å². The predicted molar refractivity (Wildman–Crippen MR) is 78.2 cm³/mol. The summed E-state index contributed by atoms with van der Waals surface area (Å²) in [4.78, 5) is 12.0. The summed E-state index contributed by atoms with van der Waals surface area (Å²) in [6, 6.07) is 11.9. The average molecular weight is 322 g/mol. The van der Waals surface area contributed by atoms with Crippen molar-refractivity contribution in [2.75, 3.05) is 5.32 Å². The number of rotatable bonds is 3. The second-order valence-corrected chi connectivity index (χ2v) is 4.83. The first-order valence-electron chi connectivity index (χ1n) is 5.82. The minimum atomic E-state index is -0.426. The number of aryl methyl sites for hydroxylation is 1. The number of benzene rings is 2. The Hall–Kier alpha value is -1.68. The molecule has 2 rings (SSSR count). The van der Waals surface area contributed by atoms with Crippen LogP contribution in [0.5, 0.6) is 0 Å². The van der Waals surface area contributed by atoms with Crippen LogP contribution in [-0.4, -0.2) is 5.91 Å². The number of nitrogens with one attached hydrogen (secondary N) is 1. The van der Waals surface area contributed by atoms with Crippen LogP contribution in [0.1, 0.15) is 21.5 Å². The fraction of sp³-hybridized carbons (Fsp3) is 0.133. The molecule has 0 aliphatic carbocycles. The zero-order valence-electron chi connectivity index (χ0n) is 10.4. The molecule has 0 aliphatic rings. The van der Waals surface area contributed by atoms with Crippen LogP contribution in [0.4, 0.5) is 10.1 Å². The van der Waals surface area contributed by atoms with Crippen molar-refractivity contribution in [3.63, 3.8) is 0 Å². The van der Waals surface area contributed by atoms with E-state index in [4.69, 9.17) is 0 Å². The van der Waals surface area contributed by atoms with Gasteiger partial charge < -0.3 is 5.32 Å². The zero-order valence-corrected chi connectivity index (χ0v) is 12.0. The predicted octanol–water partition coefficient (Wildman–Crippen LogP) is 4.28. The molecule has 0 unspecified atom stereocenters. The summed E-state index contributed by atoms with van der Waals surface area (Å²) in [7, 11) is 0. The molecule has 4 heteroatoms. The number of amides is 1. The molecule has 19 heavy (non-hydrogen) atoms. The molecular weight excluding hydrogens is 309 g/mol. The van der Waals surface area contributed by atoms with Crippen LogP contribution in [0.3, 0.4) is 0 Å². The van der Waals surface area contributed by atoms with Crippen LogP contribution in [-0.2, 0) is 5.33 Å². The second kappa shape index (κ2) is 5.97. The molecule has 0 saturated carbocycles. The highest BCUT2D eigenvalue weighted by atomic mass is 79.9. The molecule has 0 aliphatic heterocycles. The minimum Gasteiger partial charge on any atom is -0.319 e.